The molecule has 2 heterocycles. The first-order valence-corrected chi connectivity index (χ1v) is 9.83. The van der Waals surface area contributed by atoms with E-state index in [4.69, 9.17) is 15.2 Å². The molecule has 0 bridgehead atoms. The zero-order valence-corrected chi connectivity index (χ0v) is 17.0. The van der Waals surface area contributed by atoms with Gasteiger partial charge in [-0.15, -0.1) is 0 Å². The van der Waals surface area contributed by atoms with E-state index in [1.54, 1.807) is 18.3 Å². The van der Waals surface area contributed by atoms with Gasteiger partial charge in [0.15, 0.2) is 0 Å². The number of rotatable bonds is 7. The van der Waals surface area contributed by atoms with Gasteiger partial charge in [0.05, 0.1) is 34.8 Å². The minimum Gasteiger partial charge on any atom is -0.492 e. The van der Waals surface area contributed by atoms with Crippen molar-refractivity contribution in [1.29, 1.82) is 5.26 Å². The van der Waals surface area contributed by atoms with E-state index in [1.807, 2.05) is 49.4 Å². The van der Waals surface area contributed by atoms with Crippen molar-refractivity contribution in [3.63, 3.8) is 0 Å². The molecule has 4 aromatic rings. The third-order valence-electron chi connectivity index (χ3n) is 4.64. The molecule has 0 aliphatic rings. The van der Waals surface area contributed by atoms with Gasteiger partial charge >= 0.3 is 0 Å². The van der Waals surface area contributed by atoms with E-state index in [2.05, 4.69) is 21.4 Å². The Morgan fingerprint density at radius 3 is 2.74 bits per heavy atom. The molecule has 0 atom stereocenters. The molecule has 3 N–H and O–H groups in total. The molecule has 0 saturated heterocycles. The van der Waals surface area contributed by atoms with Crippen molar-refractivity contribution in [2.75, 3.05) is 17.7 Å². The zero-order chi connectivity index (χ0) is 21.6. The Bertz CT molecular complexity index is 1250. The average Bonchev–Trinajstić information content (AvgIpc) is 2.80. The zero-order valence-electron chi connectivity index (χ0n) is 17.0. The van der Waals surface area contributed by atoms with E-state index in [1.165, 1.54) is 6.20 Å². The number of fused-ring (bicyclic) bond motifs is 1. The van der Waals surface area contributed by atoms with Crippen molar-refractivity contribution < 1.29 is 9.47 Å². The fourth-order valence-corrected chi connectivity index (χ4v) is 3.19. The van der Waals surface area contributed by atoms with E-state index in [-0.39, 0.29) is 0 Å². The Morgan fingerprint density at radius 1 is 1.06 bits per heavy atom. The Kier molecular flexibility index (Phi) is 5.81. The third-order valence-corrected chi connectivity index (χ3v) is 4.64. The van der Waals surface area contributed by atoms with Gasteiger partial charge in [0.25, 0.3) is 0 Å². The summed E-state index contributed by atoms with van der Waals surface area (Å²) in [6.45, 7) is 2.76. The summed E-state index contributed by atoms with van der Waals surface area (Å²) >= 11 is 0. The second kappa shape index (κ2) is 9.01. The van der Waals surface area contributed by atoms with Gasteiger partial charge in [-0.1, -0.05) is 12.1 Å². The molecule has 4 rings (SSSR count). The smallest absolute Gasteiger partial charge is 0.144 e. The number of pyridine rings is 2. The summed E-state index contributed by atoms with van der Waals surface area (Å²) in [4.78, 5) is 8.65. The molecule has 31 heavy (non-hydrogen) atoms. The number of anilines is 3. The van der Waals surface area contributed by atoms with Gasteiger partial charge in [0, 0.05) is 35.6 Å². The highest BCUT2D eigenvalue weighted by Gasteiger charge is 2.13. The van der Waals surface area contributed by atoms with Gasteiger partial charge in [-0.25, -0.2) is 0 Å². The highest BCUT2D eigenvalue weighted by atomic mass is 16.5. The number of nitrogen functional groups attached to an aromatic ring is 1. The first-order chi connectivity index (χ1) is 15.2. The molecular formula is C24H21N5O2. The van der Waals surface area contributed by atoms with Crippen LogP contribution in [0.4, 0.5) is 17.1 Å². The van der Waals surface area contributed by atoms with Gasteiger partial charge < -0.3 is 20.5 Å². The van der Waals surface area contributed by atoms with Crippen molar-refractivity contribution in [3.8, 4) is 17.6 Å². The first kappa shape index (κ1) is 20.0. The molecular weight excluding hydrogens is 390 g/mol. The van der Waals surface area contributed by atoms with E-state index in [0.717, 1.165) is 16.8 Å². The Morgan fingerprint density at radius 2 is 1.97 bits per heavy atom. The molecule has 0 saturated carbocycles. The third kappa shape index (κ3) is 4.49. The van der Waals surface area contributed by atoms with Crippen molar-refractivity contribution in [2.24, 2.45) is 0 Å². The number of hydrogen-bond acceptors (Lipinski definition) is 7. The van der Waals surface area contributed by atoms with Crippen LogP contribution in [0.5, 0.6) is 11.5 Å². The highest BCUT2D eigenvalue weighted by Crippen LogP contribution is 2.35. The molecule has 0 unspecified atom stereocenters. The van der Waals surface area contributed by atoms with Gasteiger partial charge in [-0.05, 0) is 37.3 Å². The fraction of sp³-hybridized carbons (Fsp3) is 0.125. The highest BCUT2D eigenvalue weighted by molar-refractivity contribution is 5.98. The average molecular weight is 411 g/mol. The lowest BCUT2D eigenvalue weighted by atomic mass is 10.1. The Hall–Kier alpha value is -4.31. The van der Waals surface area contributed by atoms with Gasteiger partial charge in [0.2, 0.25) is 0 Å². The standard InChI is InChI=1S/C24H21N5O2/c1-2-30-23-12-22-20(11-21(23)26)24(16(13-25)14-28-22)29-17-7-5-8-19(10-17)31-15-18-6-3-4-9-27-18/h3-12,14H,2,15,26H2,1H3,(H,28,29). The first-order valence-electron chi connectivity index (χ1n) is 9.83. The molecule has 154 valence electrons. The predicted octanol–water partition coefficient (Wildman–Crippen LogP) is 4.80. The summed E-state index contributed by atoms with van der Waals surface area (Å²) < 4.78 is 11.4. The van der Waals surface area contributed by atoms with Crippen LogP contribution in [0.25, 0.3) is 10.9 Å². The lowest BCUT2D eigenvalue weighted by Crippen LogP contribution is -2.01. The van der Waals surface area contributed by atoms with Crippen molar-refractivity contribution >= 4 is 28.0 Å². The number of benzene rings is 2. The van der Waals surface area contributed by atoms with Crippen LogP contribution < -0.4 is 20.5 Å². The van der Waals surface area contributed by atoms with Crippen molar-refractivity contribution in [3.05, 3.63) is 78.2 Å². The molecule has 7 heteroatoms. The van der Waals surface area contributed by atoms with Crippen LogP contribution in [-0.4, -0.2) is 16.6 Å². The molecule has 0 amide bonds. The molecule has 0 fully saturated rings. The number of hydrogen-bond donors (Lipinski definition) is 2. The second-order valence-electron chi connectivity index (χ2n) is 6.76. The quantitative estimate of drug-likeness (QED) is 0.421. The molecule has 0 aliphatic carbocycles. The summed E-state index contributed by atoms with van der Waals surface area (Å²) in [5, 5.41) is 13.7. The second-order valence-corrected chi connectivity index (χ2v) is 6.76. The van der Waals surface area contributed by atoms with Gasteiger partial charge in [-0.3, -0.25) is 9.97 Å². The topological polar surface area (TPSA) is 106 Å². The number of ether oxygens (including phenoxy) is 2. The van der Waals surface area contributed by atoms with E-state index >= 15 is 0 Å². The van der Waals surface area contributed by atoms with Crippen molar-refractivity contribution in [1.82, 2.24) is 9.97 Å². The van der Waals surface area contributed by atoms with Crippen LogP contribution in [0.2, 0.25) is 0 Å². The summed E-state index contributed by atoms with van der Waals surface area (Å²) in [6.07, 6.45) is 3.27. The van der Waals surface area contributed by atoms with Crippen LogP contribution >= 0.6 is 0 Å². The number of nitrogens with zero attached hydrogens (tertiary/aromatic N) is 3. The maximum Gasteiger partial charge on any atom is 0.144 e. The minimum absolute atomic E-state index is 0.364. The molecule has 2 aromatic carbocycles. The van der Waals surface area contributed by atoms with E-state index < -0.39 is 0 Å². The Balaban J connectivity index is 1.64. The van der Waals surface area contributed by atoms with Crippen LogP contribution in [0.3, 0.4) is 0 Å². The maximum atomic E-state index is 9.61. The summed E-state index contributed by atoms with van der Waals surface area (Å²) in [6, 6.07) is 19.0. The molecule has 0 spiro atoms. The molecule has 0 aliphatic heterocycles. The fourth-order valence-electron chi connectivity index (χ4n) is 3.19. The van der Waals surface area contributed by atoms with Crippen molar-refractivity contribution in [2.45, 2.75) is 13.5 Å². The largest absolute Gasteiger partial charge is 0.492 e. The number of aromatic nitrogens is 2. The molecule has 0 radical (unpaired) electrons. The minimum atomic E-state index is 0.364. The van der Waals surface area contributed by atoms with Gasteiger partial charge in [-0.2, -0.15) is 5.26 Å². The molecule has 2 aromatic heterocycles. The van der Waals surface area contributed by atoms with E-state index in [9.17, 15) is 5.26 Å². The van der Waals surface area contributed by atoms with Crippen LogP contribution in [-0.2, 0) is 6.61 Å². The maximum absolute atomic E-state index is 9.61. The summed E-state index contributed by atoms with van der Waals surface area (Å²) in [5.41, 5.74) is 9.98. The lowest BCUT2D eigenvalue weighted by molar-refractivity contribution is 0.301. The molecule has 7 nitrogen and oxygen atoms in total. The summed E-state index contributed by atoms with van der Waals surface area (Å²) in [5.74, 6) is 1.26. The van der Waals surface area contributed by atoms with Crippen LogP contribution in [0.15, 0.2) is 67.0 Å². The monoisotopic (exact) mass is 411 g/mol. The lowest BCUT2D eigenvalue weighted by Gasteiger charge is -2.15. The summed E-state index contributed by atoms with van der Waals surface area (Å²) in [7, 11) is 0. The number of nitrogens with two attached hydrogens (primary N) is 1. The van der Waals surface area contributed by atoms with Gasteiger partial charge in [0.1, 0.15) is 24.2 Å². The normalized spacial score (nSPS) is 10.5. The Labute approximate surface area is 180 Å². The SMILES string of the molecule is CCOc1cc2ncc(C#N)c(Nc3cccc(OCc4ccccn4)c3)c2cc1N. The van der Waals surface area contributed by atoms with E-state index in [0.29, 0.717) is 47.2 Å². The van der Waals surface area contributed by atoms with Crippen LogP contribution in [0.1, 0.15) is 18.2 Å². The van der Waals surface area contributed by atoms with Crippen LogP contribution in [0, 0.1) is 11.3 Å². The predicted molar refractivity (Wildman–Crippen MR) is 120 cm³/mol. The number of nitrogens with one attached hydrogen (secondary N) is 1. The number of nitriles is 1.